The molecule has 0 fully saturated rings. The van der Waals surface area contributed by atoms with Crippen molar-refractivity contribution in [1.82, 2.24) is 19.9 Å². The van der Waals surface area contributed by atoms with Crippen LogP contribution in [0, 0.1) is 5.82 Å². The summed E-state index contributed by atoms with van der Waals surface area (Å²) in [5.41, 5.74) is 11.4. The lowest BCUT2D eigenvalue weighted by molar-refractivity contribution is 0.628. The predicted octanol–water partition coefficient (Wildman–Crippen LogP) is 12.1. The molecule has 5 aromatic carbocycles. The maximum Gasteiger partial charge on any atom is 0.160 e. The van der Waals surface area contributed by atoms with Crippen molar-refractivity contribution in [3.8, 4) is 22.5 Å². The average molecular weight is 727 g/mol. The van der Waals surface area contributed by atoms with Crippen LogP contribution in [-0.2, 0) is 0 Å². The molecule has 0 saturated carbocycles. The van der Waals surface area contributed by atoms with E-state index >= 15 is 0 Å². The molecule has 4 heterocycles. The van der Waals surface area contributed by atoms with Gasteiger partial charge in [-0.3, -0.25) is 9.97 Å². The molecule has 6 nitrogen and oxygen atoms in total. The SMILES string of the molecule is CC/C=C(/N=C(\N=C(/C)c1ccc(-c2ccc3ccc4cccnc4c3n2)cc1)c1ccc(F)cc1)c1ccc(-c2ccc3ccc4cccnc4c3n2)cc1. The molecule has 0 saturated heterocycles. The highest BCUT2D eigenvalue weighted by Gasteiger charge is 2.12. The number of allylic oxidation sites excluding steroid dienone is 1. The molecule has 0 aliphatic heterocycles. The number of amidine groups is 1. The van der Waals surface area contributed by atoms with Gasteiger partial charge in [-0.25, -0.2) is 24.3 Å². The summed E-state index contributed by atoms with van der Waals surface area (Å²) in [6.07, 6.45) is 6.46. The van der Waals surface area contributed by atoms with Crippen molar-refractivity contribution < 1.29 is 4.39 Å². The number of hydrogen-bond acceptors (Lipinski definition) is 5. The number of aromatic nitrogens is 4. The summed E-state index contributed by atoms with van der Waals surface area (Å²) in [5, 5.41) is 4.22. The van der Waals surface area contributed by atoms with Crippen LogP contribution in [0.3, 0.4) is 0 Å². The molecule has 9 rings (SSSR count). The highest BCUT2D eigenvalue weighted by molar-refractivity contribution is 6.13. The summed E-state index contributed by atoms with van der Waals surface area (Å²) in [4.78, 5) is 29.4. The van der Waals surface area contributed by atoms with Crippen LogP contribution in [0.15, 0.2) is 174 Å². The Hall–Kier alpha value is -7.25. The number of pyridine rings is 4. The third-order valence-corrected chi connectivity index (χ3v) is 9.94. The van der Waals surface area contributed by atoms with E-state index in [4.69, 9.17) is 20.0 Å². The second kappa shape index (κ2) is 14.9. The molecule has 0 N–H and O–H groups in total. The van der Waals surface area contributed by atoms with Gasteiger partial charge in [0, 0.05) is 56.3 Å². The zero-order chi connectivity index (χ0) is 38.0. The third-order valence-electron chi connectivity index (χ3n) is 9.94. The van der Waals surface area contributed by atoms with Gasteiger partial charge in [0.1, 0.15) is 5.82 Å². The standard InChI is InChI=1S/C49H35FN6/c1-3-6-42(33-13-15-35(16-14-33)44-28-24-39-20-18-37-8-5-30-52-46(37)48(39)55-44)56-49(40-21-25-41(50)26-22-40)53-31(2)32-9-11-34(12-10-32)43-27-23-38-19-17-36-7-4-29-51-45(36)47(38)54-43/h4-30H,3H2,1-2H3/b42-6+,53-31+,56-49-. The molecular formula is C49H35FN6. The molecule has 56 heavy (non-hydrogen) atoms. The van der Waals surface area contributed by atoms with Crippen LogP contribution < -0.4 is 0 Å². The summed E-state index contributed by atoms with van der Waals surface area (Å²) in [6.45, 7) is 4.05. The first kappa shape index (κ1) is 34.5. The fourth-order valence-corrected chi connectivity index (χ4v) is 6.97. The van der Waals surface area contributed by atoms with Gasteiger partial charge in [-0.15, -0.1) is 0 Å². The van der Waals surface area contributed by atoms with E-state index in [2.05, 4.69) is 108 Å². The molecule has 7 heteroatoms. The molecular weight excluding hydrogens is 692 g/mol. The van der Waals surface area contributed by atoms with Gasteiger partial charge >= 0.3 is 0 Å². The topological polar surface area (TPSA) is 76.3 Å². The lowest BCUT2D eigenvalue weighted by Crippen LogP contribution is -2.05. The fourth-order valence-electron chi connectivity index (χ4n) is 6.97. The molecule has 0 radical (unpaired) electrons. The predicted molar refractivity (Wildman–Crippen MR) is 228 cm³/mol. The van der Waals surface area contributed by atoms with Crippen molar-refractivity contribution in [2.45, 2.75) is 20.3 Å². The number of nitrogens with zero attached hydrogens (tertiary/aromatic N) is 6. The minimum Gasteiger partial charge on any atom is -0.254 e. The van der Waals surface area contributed by atoms with Crippen LogP contribution in [0.1, 0.15) is 37.0 Å². The summed E-state index contributed by atoms with van der Waals surface area (Å²) < 4.78 is 14.1. The minimum absolute atomic E-state index is 0.318. The monoisotopic (exact) mass is 726 g/mol. The highest BCUT2D eigenvalue weighted by Crippen LogP contribution is 2.29. The second-order valence-corrected chi connectivity index (χ2v) is 13.6. The number of aliphatic imine (C=N–C) groups is 2. The fraction of sp³-hybridized carbons (Fsp3) is 0.0612. The Morgan fingerprint density at radius 3 is 1.50 bits per heavy atom. The Kier molecular flexibility index (Phi) is 9.17. The molecule has 0 unspecified atom stereocenters. The smallest absolute Gasteiger partial charge is 0.160 e. The number of hydrogen-bond donors (Lipinski definition) is 0. The van der Waals surface area contributed by atoms with Gasteiger partial charge in [-0.05, 0) is 73.0 Å². The first-order chi connectivity index (χ1) is 27.5. The lowest BCUT2D eigenvalue weighted by atomic mass is 10.0. The van der Waals surface area contributed by atoms with Gasteiger partial charge in [0.15, 0.2) is 5.84 Å². The van der Waals surface area contributed by atoms with Crippen LogP contribution in [0.5, 0.6) is 0 Å². The van der Waals surface area contributed by atoms with Crippen molar-refractivity contribution in [2.75, 3.05) is 0 Å². The van der Waals surface area contributed by atoms with E-state index in [1.807, 2.05) is 43.3 Å². The van der Waals surface area contributed by atoms with E-state index in [0.29, 0.717) is 11.4 Å². The molecule has 268 valence electrons. The molecule has 0 amide bonds. The number of fused-ring (bicyclic) bond motifs is 6. The van der Waals surface area contributed by atoms with E-state index in [1.54, 1.807) is 24.5 Å². The molecule has 0 atom stereocenters. The van der Waals surface area contributed by atoms with Crippen LogP contribution in [-0.4, -0.2) is 31.5 Å². The highest BCUT2D eigenvalue weighted by atomic mass is 19.1. The first-order valence-electron chi connectivity index (χ1n) is 18.6. The van der Waals surface area contributed by atoms with Crippen molar-refractivity contribution in [1.29, 1.82) is 0 Å². The Labute approximate surface area is 323 Å². The molecule has 0 spiro atoms. The van der Waals surface area contributed by atoms with Crippen LogP contribution in [0.25, 0.3) is 71.8 Å². The largest absolute Gasteiger partial charge is 0.254 e. The van der Waals surface area contributed by atoms with E-state index in [1.165, 1.54) is 12.1 Å². The Balaban J connectivity index is 1.04. The summed E-state index contributed by atoms with van der Waals surface area (Å²) in [5.74, 6) is 0.169. The molecule has 0 bridgehead atoms. The molecule has 9 aromatic rings. The Morgan fingerprint density at radius 1 is 0.518 bits per heavy atom. The van der Waals surface area contributed by atoms with Crippen LogP contribution >= 0.6 is 0 Å². The average Bonchev–Trinajstić information content (AvgIpc) is 3.26. The van der Waals surface area contributed by atoms with E-state index < -0.39 is 0 Å². The zero-order valence-corrected chi connectivity index (χ0v) is 30.9. The van der Waals surface area contributed by atoms with Crippen LogP contribution in [0.4, 0.5) is 4.39 Å². The quantitative estimate of drug-likeness (QED) is 0.0931. The summed E-state index contributed by atoms with van der Waals surface area (Å²) in [7, 11) is 0. The number of halogens is 1. The Bertz CT molecular complexity index is 3000. The van der Waals surface area contributed by atoms with Crippen molar-refractivity contribution in [3.05, 3.63) is 187 Å². The van der Waals surface area contributed by atoms with Gasteiger partial charge in [-0.1, -0.05) is 110 Å². The van der Waals surface area contributed by atoms with Crippen molar-refractivity contribution in [3.63, 3.8) is 0 Å². The van der Waals surface area contributed by atoms with Crippen LogP contribution in [0.2, 0.25) is 0 Å². The maximum atomic E-state index is 14.1. The molecule has 0 aliphatic rings. The number of benzene rings is 5. The third kappa shape index (κ3) is 6.82. The van der Waals surface area contributed by atoms with Gasteiger partial charge in [0.25, 0.3) is 0 Å². The van der Waals surface area contributed by atoms with Gasteiger partial charge < -0.3 is 0 Å². The zero-order valence-electron chi connectivity index (χ0n) is 30.9. The first-order valence-corrected chi connectivity index (χ1v) is 18.6. The van der Waals surface area contributed by atoms with Gasteiger partial charge in [0.2, 0.25) is 0 Å². The van der Waals surface area contributed by atoms with E-state index in [0.717, 1.165) is 95.1 Å². The van der Waals surface area contributed by atoms with Crippen molar-refractivity contribution >= 4 is 60.9 Å². The lowest BCUT2D eigenvalue weighted by Gasteiger charge is -2.10. The van der Waals surface area contributed by atoms with Crippen molar-refractivity contribution in [2.24, 2.45) is 9.98 Å². The minimum atomic E-state index is -0.318. The van der Waals surface area contributed by atoms with Gasteiger partial charge in [0.05, 0.1) is 39.2 Å². The normalized spacial score (nSPS) is 12.6. The molecule has 4 aromatic heterocycles. The molecule has 0 aliphatic carbocycles. The summed E-state index contributed by atoms with van der Waals surface area (Å²) >= 11 is 0. The Morgan fingerprint density at radius 2 is 0.982 bits per heavy atom. The van der Waals surface area contributed by atoms with E-state index in [-0.39, 0.29) is 5.82 Å². The maximum absolute atomic E-state index is 14.1. The van der Waals surface area contributed by atoms with Gasteiger partial charge in [-0.2, -0.15) is 0 Å². The van der Waals surface area contributed by atoms with E-state index in [9.17, 15) is 4.39 Å². The number of rotatable bonds is 7. The second-order valence-electron chi connectivity index (χ2n) is 13.6. The summed E-state index contributed by atoms with van der Waals surface area (Å²) in [6, 6.07) is 47.3.